The van der Waals surface area contributed by atoms with E-state index in [4.69, 9.17) is 16.3 Å². The van der Waals surface area contributed by atoms with Crippen LogP contribution in [0.15, 0.2) is 6.20 Å². The molecule has 0 N–H and O–H groups in total. The minimum absolute atomic E-state index is 0.104. The average Bonchev–Trinajstić information content (AvgIpc) is 2.68. The number of nitrogens with zero attached hydrogens (tertiary/aromatic N) is 3. The summed E-state index contributed by atoms with van der Waals surface area (Å²) >= 11 is 5.70. The molecule has 0 amide bonds. The quantitative estimate of drug-likeness (QED) is 0.782. The van der Waals surface area contributed by atoms with Crippen LogP contribution in [-0.2, 0) is 11.2 Å². The van der Waals surface area contributed by atoms with Crippen LogP contribution in [0.4, 0.5) is 0 Å². The van der Waals surface area contributed by atoms with Gasteiger partial charge in [-0.05, 0) is 27.7 Å². The third-order valence-corrected chi connectivity index (χ3v) is 3.44. The molecule has 5 heteroatoms. The first-order chi connectivity index (χ1) is 7.84. The number of hydrogen-bond donors (Lipinski definition) is 0. The molecule has 1 fully saturated rings. The van der Waals surface area contributed by atoms with Crippen LogP contribution in [0.2, 0.25) is 0 Å². The molecule has 17 heavy (non-hydrogen) atoms. The Morgan fingerprint density at radius 2 is 2.18 bits per heavy atom. The molecule has 96 valence electrons. The molecule has 1 aromatic rings. The number of aromatic nitrogens is 3. The van der Waals surface area contributed by atoms with Gasteiger partial charge in [0, 0.05) is 24.9 Å². The topological polar surface area (TPSA) is 39.9 Å². The lowest BCUT2D eigenvalue weighted by molar-refractivity contribution is -0.0738. The van der Waals surface area contributed by atoms with Crippen molar-refractivity contribution in [2.24, 2.45) is 0 Å². The highest BCUT2D eigenvalue weighted by atomic mass is 35.5. The van der Waals surface area contributed by atoms with E-state index in [2.05, 4.69) is 38.0 Å². The number of rotatable bonds is 3. The van der Waals surface area contributed by atoms with Gasteiger partial charge in [-0.25, -0.2) is 4.68 Å². The highest BCUT2D eigenvalue weighted by molar-refractivity contribution is 6.17. The molecule has 1 atom stereocenters. The molecule has 0 bridgehead atoms. The number of hydrogen-bond acceptors (Lipinski definition) is 3. The Morgan fingerprint density at radius 1 is 1.47 bits per heavy atom. The Labute approximate surface area is 107 Å². The SMILES string of the molecule is CC1(C)CC(n2cc(CCCl)nn2)C(C)(C)O1. The van der Waals surface area contributed by atoms with Crippen LogP contribution in [0.5, 0.6) is 0 Å². The largest absolute Gasteiger partial charge is 0.367 e. The van der Waals surface area contributed by atoms with Gasteiger partial charge in [0.1, 0.15) is 0 Å². The van der Waals surface area contributed by atoms with Gasteiger partial charge in [0.25, 0.3) is 0 Å². The van der Waals surface area contributed by atoms with E-state index in [1.165, 1.54) is 0 Å². The van der Waals surface area contributed by atoms with Gasteiger partial charge < -0.3 is 4.74 Å². The molecular weight excluding hydrogens is 238 g/mol. The van der Waals surface area contributed by atoms with E-state index in [0.717, 1.165) is 18.5 Å². The van der Waals surface area contributed by atoms with E-state index in [-0.39, 0.29) is 17.2 Å². The molecular formula is C12H20ClN3O. The highest BCUT2D eigenvalue weighted by Crippen LogP contribution is 2.44. The summed E-state index contributed by atoms with van der Waals surface area (Å²) in [4.78, 5) is 0. The summed E-state index contributed by atoms with van der Waals surface area (Å²) < 4.78 is 7.98. The fourth-order valence-corrected chi connectivity index (χ4v) is 2.82. The van der Waals surface area contributed by atoms with Crippen LogP contribution in [0.25, 0.3) is 0 Å². The van der Waals surface area contributed by atoms with Crippen LogP contribution in [0, 0.1) is 0 Å². The van der Waals surface area contributed by atoms with Crippen molar-refractivity contribution >= 4 is 11.6 Å². The molecule has 1 aliphatic heterocycles. The van der Waals surface area contributed by atoms with E-state index < -0.39 is 0 Å². The summed E-state index contributed by atoms with van der Waals surface area (Å²) in [5.74, 6) is 0.578. The number of alkyl halides is 1. The second-order valence-electron chi connectivity index (χ2n) is 5.81. The van der Waals surface area contributed by atoms with Crippen molar-refractivity contribution in [1.29, 1.82) is 0 Å². The van der Waals surface area contributed by atoms with Crippen LogP contribution < -0.4 is 0 Å². The Hall–Kier alpha value is -0.610. The Balaban J connectivity index is 2.21. The lowest BCUT2D eigenvalue weighted by atomic mass is 9.95. The van der Waals surface area contributed by atoms with Crippen molar-refractivity contribution in [1.82, 2.24) is 15.0 Å². The monoisotopic (exact) mass is 257 g/mol. The number of halogens is 1. The Bertz CT molecular complexity index is 400. The summed E-state index contributed by atoms with van der Waals surface area (Å²) in [6.45, 7) is 8.45. The molecule has 1 unspecified atom stereocenters. The first-order valence-corrected chi connectivity index (χ1v) is 6.54. The fraction of sp³-hybridized carbons (Fsp3) is 0.833. The van der Waals surface area contributed by atoms with Gasteiger partial charge in [-0.1, -0.05) is 5.21 Å². The van der Waals surface area contributed by atoms with Crippen LogP contribution in [0.1, 0.15) is 45.9 Å². The van der Waals surface area contributed by atoms with Crippen molar-refractivity contribution in [3.05, 3.63) is 11.9 Å². The first kappa shape index (κ1) is 12.8. The molecule has 1 saturated heterocycles. The maximum absolute atomic E-state index is 6.06. The molecule has 4 nitrogen and oxygen atoms in total. The van der Waals surface area contributed by atoms with E-state index in [0.29, 0.717) is 5.88 Å². The molecule has 2 rings (SSSR count). The normalized spacial score (nSPS) is 26.3. The zero-order chi connectivity index (χ0) is 12.7. The summed E-state index contributed by atoms with van der Waals surface area (Å²) in [6, 6.07) is 0.231. The molecule has 2 heterocycles. The van der Waals surface area contributed by atoms with Gasteiger partial charge >= 0.3 is 0 Å². The molecule has 0 aromatic carbocycles. The van der Waals surface area contributed by atoms with E-state index in [1.54, 1.807) is 0 Å². The molecule has 0 saturated carbocycles. The average molecular weight is 258 g/mol. The zero-order valence-electron chi connectivity index (χ0n) is 10.9. The van der Waals surface area contributed by atoms with E-state index >= 15 is 0 Å². The maximum atomic E-state index is 6.06. The third kappa shape index (κ3) is 2.63. The predicted octanol–water partition coefficient (Wildman–Crippen LogP) is 2.58. The maximum Gasteiger partial charge on any atom is 0.0858 e. The molecule has 1 aliphatic rings. The van der Waals surface area contributed by atoms with Crippen molar-refractivity contribution in [3.8, 4) is 0 Å². The predicted molar refractivity (Wildman–Crippen MR) is 67.3 cm³/mol. The summed E-state index contributed by atoms with van der Waals surface area (Å²) in [5.41, 5.74) is 0.628. The Morgan fingerprint density at radius 3 is 2.71 bits per heavy atom. The van der Waals surface area contributed by atoms with Gasteiger partial charge in [-0.3, -0.25) is 0 Å². The lowest BCUT2D eigenvalue weighted by Gasteiger charge is -2.26. The van der Waals surface area contributed by atoms with E-state index in [1.807, 2.05) is 10.9 Å². The standard InChI is InChI=1S/C12H20ClN3O/c1-11(2)7-10(12(3,4)17-11)16-8-9(5-6-13)14-15-16/h8,10H,5-7H2,1-4H3. The lowest BCUT2D eigenvalue weighted by Crippen LogP contribution is -2.31. The minimum atomic E-state index is -0.213. The number of aryl methyl sites for hydroxylation is 1. The fourth-order valence-electron chi connectivity index (χ4n) is 2.62. The second-order valence-corrected chi connectivity index (χ2v) is 6.19. The zero-order valence-corrected chi connectivity index (χ0v) is 11.7. The number of ether oxygens (including phenoxy) is 1. The van der Waals surface area contributed by atoms with Crippen LogP contribution in [0.3, 0.4) is 0 Å². The van der Waals surface area contributed by atoms with Gasteiger partial charge in [-0.15, -0.1) is 16.7 Å². The van der Waals surface area contributed by atoms with Crippen molar-refractivity contribution in [2.75, 3.05) is 5.88 Å². The van der Waals surface area contributed by atoms with Crippen LogP contribution >= 0.6 is 11.6 Å². The smallest absolute Gasteiger partial charge is 0.0858 e. The Kier molecular flexibility index (Phi) is 3.21. The van der Waals surface area contributed by atoms with Crippen molar-refractivity contribution in [3.63, 3.8) is 0 Å². The molecule has 0 spiro atoms. The van der Waals surface area contributed by atoms with E-state index in [9.17, 15) is 0 Å². The van der Waals surface area contributed by atoms with Crippen molar-refractivity contribution < 1.29 is 4.74 Å². The van der Waals surface area contributed by atoms with Crippen LogP contribution in [-0.4, -0.2) is 32.1 Å². The first-order valence-electron chi connectivity index (χ1n) is 6.01. The third-order valence-electron chi connectivity index (χ3n) is 3.25. The van der Waals surface area contributed by atoms with Gasteiger partial charge in [0.2, 0.25) is 0 Å². The highest BCUT2D eigenvalue weighted by Gasteiger charge is 2.47. The summed E-state index contributed by atoms with van der Waals surface area (Å²) in [6.07, 6.45) is 3.70. The van der Waals surface area contributed by atoms with Gasteiger partial charge in [0.15, 0.2) is 0 Å². The van der Waals surface area contributed by atoms with Gasteiger partial charge in [0.05, 0.1) is 22.9 Å². The second kappa shape index (κ2) is 4.25. The molecule has 0 radical (unpaired) electrons. The minimum Gasteiger partial charge on any atom is -0.367 e. The summed E-state index contributed by atoms with van der Waals surface area (Å²) in [7, 11) is 0. The molecule has 1 aromatic heterocycles. The van der Waals surface area contributed by atoms with Crippen molar-refractivity contribution in [2.45, 2.75) is 57.8 Å². The van der Waals surface area contributed by atoms with Gasteiger partial charge in [-0.2, -0.15) is 0 Å². The molecule has 0 aliphatic carbocycles. The summed E-state index contributed by atoms with van der Waals surface area (Å²) in [5, 5.41) is 8.34.